The molecule has 0 radical (unpaired) electrons. The van der Waals surface area contributed by atoms with E-state index < -0.39 is 0 Å². The first-order valence-corrected chi connectivity index (χ1v) is 5.71. The van der Waals surface area contributed by atoms with E-state index in [4.69, 9.17) is 5.73 Å². The van der Waals surface area contributed by atoms with Crippen LogP contribution >= 0.6 is 27.3 Å². The Morgan fingerprint density at radius 3 is 2.75 bits per heavy atom. The Labute approximate surface area is 86.1 Å². The molecule has 1 nitrogen and oxygen atoms in total. The zero-order chi connectivity index (χ0) is 9.14. The van der Waals surface area contributed by atoms with Crippen LogP contribution in [-0.4, -0.2) is 6.04 Å². The van der Waals surface area contributed by atoms with Crippen molar-refractivity contribution in [3.63, 3.8) is 0 Å². The third-order valence-corrected chi connectivity index (χ3v) is 3.95. The molecule has 0 fully saturated rings. The maximum atomic E-state index is 5.68. The fraction of sp³-hybridized carbons (Fsp3) is 0.556. The summed E-state index contributed by atoms with van der Waals surface area (Å²) in [7, 11) is 0. The van der Waals surface area contributed by atoms with Crippen molar-refractivity contribution in [3.05, 3.63) is 20.3 Å². The van der Waals surface area contributed by atoms with Gasteiger partial charge in [-0.25, -0.2) is 0 Å². The van der Waals surface area contributed by atoms with Crippen molar-refractivity contribution >= 4 is 27.3 Å². The molecule has 0 aromatic carbocycles. The van der Waals surface area contributed by atoms with Gasteiger partial charge in [0.25, 0.3) is 0 Å². The van der Waals surface area contributed by atoms with E-state index >= 15 is 0 Å². The summed E-state index contributed by atoms with van der Waals surface area (Å²) in [6.45, 7) is 4.18. The van der Waals surface area contributed by atoms with E-state index in [2.05, 4.69) is 35.8 Å². The molecule has 1 rings (SSSR count). The number of nitrogens with two attached hydrogens (primary N) is 1. The first-order chi connectivity index (χ1) is 5.59. The minimum absolute atomic E-state index is 0.311. The fourth-order valence-corrected chi connectivity index (χ4v) is 2.63. The van der Waals surface area contributed by atoms with E-state index in [0.717, 1.165) is 12.8 Å². The van der Waals surface area contributed by atoms with Gasteiger partial charge < -0.3 is 5.73 Å². The second-order valence-electron chi connectivity index (χ2n) is 3.13. The lowest BCUT2D eigenvalue weighted by atomic mass is 10.2. The highest BCUT2D eigenvalue weighted by molar-refractivity contribution is 9.10. The Hall–Kier alpha value is 0.140. The van der Waals surface area contributed by atoms with Crippen molar-refractivity contribution in [1.29, 1.82) is 0 Å². The van der Waals surface area contributed by atoms with Crippen LogP contribution in [0.2, 0.25) is 0 Å². The van der Waals surface area contributed by atoms with Gasteiger partial charge in [-0.15, -0.1) is 11.3 Å². The van der Waals surface area contributed by atoms with E-state index in [1.165, 1.54) is 14.2 Å². The molecule has 0 aliphatic rings. The Bertz CT molecular complexity index is 236. The number of halogens is 1. The summed E-state index contributed by atoms with van der Waals surface area (Å²) in [5.74, 6) is 0. The molecular weight excluding hydrogens is 234 g/mol. The van der Waals surface area contributed by atoms with Gasteiger partial charge in [0.15, 0.2) is 0 Å². The molecule has 1 atom stereocenters. The monoisotopic (exact) mass is 247 g/mol. The molecule has 0 spiro atoms. The molecule has 1 aromatic rings. The topological polar surface area (TPSA) is 26.0 Å². The number of aryl methyl sites for hydroxylation is 2. The smallest absolute Gasteiger partial charge is 0.0314 e. The largest absolute Gasteiger partial charge is 0.328 e. The van der Waals surface area contributed by atoms with E-state index in [0.29, 0.717) is 6.04 Å². The van der Waals surface area contributed by atoms with Crippen LogP contribution in [0.3, 0.4) is 0 Å². The van der Waals surface area contributed by atoms with Crippen LogP contribution < -0.4 is 5.73 Å². The molecule has 0 unspecified atom stereocenters. The minimum atomic E-state index is 0.311. The number of rotatable bonds is 3. The van der Waals surface area contributed by atoms with Gasteiger partial charge >= 0.3 is 0 Å². The first kappa shape index (κ1) is 10.2. The lowest BCUT2D eigenvalue weighted by molar-refractivity contribution is 0.670. The average Bonchev–Trinajstić information content (AvgIpc) is 2.28. The maximum Gasteiger partial charge on any atom is 0.0314 e. The molecule has 0 aliphatic carbocycles. The standard InChI is InChI=1S/C9H14BrNS/c1-6(11)3-4-8-5-9(10)7(2)12-8/h5-6H,3-4,11H2,1-2H3/t6-/m1/s1. The predicted molar refractivity (Wildman–Crippen MR) is 58.7 cm³/mol. The third kappa shape index (κ3) is 2.88. The van der Waals surface area contributed by atoms with E-state index in [-0.39, 0.29) is 0 Å². The van der Waals surface area contributed by atoms with Crippen molar-refractivity contribution in [2.24, 2.45) is 5.73 Å². The van der Waals surface area contributed by atoms with Crippen molar-refractivity contribution in [2.45, 2.75) is 32.7 Å². The normalized spacial score (nSPS) is 13.3. The first-order valence-electron chi connectivity index (χ1n) is 4.10. The molecular formula is C9H14BrNS. The summed E-state index contributed by atoms with van der Waals surface area (Å²) in [5.41, 5.74) is 5.68. The number of thiophene rings is 1. The molecule has 68 valence electrons. The number of hydrogen-bond acceptors (Lipinski definition) is 2. The summed E-state index contributed by atoms with van der Waals surface area (Å²) >= 11 is 5.36. The molecule has 0 aliphatic heterocycles. The summed E-state index contributed by atoms with van der Waals surface area (Å²) in [4.78, 5) is 2.78. The van der Waals surface area contributed by atoms with Crippen molar-refractivity contribution in [3.8, 4) is 0 Å². The SMILES string of the molecule is Cc1sc(CC[C@@H](C)N)cc1Br. The predicted octanol–water partition coefficient (Wildman–Crippen LogP) is 3.10. The van der Waals surface area contributed by atoms with Crippen LogP contribution in [0.4, 0.5) is 0 Å². The lowest BCUT2D eigenvalue weighted by Gasteiger charge is -2.01. The van der Waals surface area contributed by atoms with Crippen LogP contribution in [0.15, 0.2) is 10.5 Å². The zero-order valence-electron chi connectivity index (χ0n) is 7.43. The molecule has 12 heavy (non-hydrogen) atoms. The van der Waals surface area contributed by atoms with E-state index in [1.54, 1.807) is 0 Å². The molecule has 1 heterocycles. The summed E-state index contributed by atoms with van der Waals surface area (Å²) < 4.78 is 1.23. The second-order valence-corrected chi connectivity index (χ2v) is 5.33. The highest BCUT2D eigenvalue weighted by atomic mass is 79.9. The van der Waals surface area contributed by atoms with Crippen LogP contribution in [0.1, 0.15) is 23.1 Å². The van der Waals surface area contributed by atoms with Crippen molar-refractivity contribution < 1.29 is 0 Å². The van der Waals surface area contributed by atoms with Crippen LogP contribution in [0.5, 0.6) is 0 Å². The van der Waals surface area contributed by atoms with E-state index in [1.807, 2.05) is 11.3 Å². The molecule has 0 saturated carbocycles. The highest BCUT2D eigenvalue weighted by Gasteiger charge is 2.03. The van der Waals surface area contributed by atoms with Crippen LogP contribution in [-0.2, 0) is 6.42 Å². The number of hydrogen-bond donors (Lipinski definition) is 1. The van der Waals surface area contributed by atoms with Crippen LogP contribution in [0.25, 0.3) is 0 Å². The van der Waals surface area contributed by atoms with Gasteiger partial charge in [0.2, 0.25) is 0 Å². The molecule has 0 amide bonds. The molecule has 2 N–H and O–H groups in total. The highest BCUT2D eigenvalue weighted by Crippen LogP contribution is 2.27. The summed E-state index contributed by atoms with van der Waals surface area (Å²) in [6, 6.07) is 2.51. The Morgan fingerprint density at radius 2 is 2.33 bits per heavy atom. The zero-order valence-corrected chi connectivity index (χ0v) is 9.83. The van der Waals surface area contributed by atoms with Gasteiger partial charge in [-0.3, -0.25) is 0 Å². The Balaban J connectivity index is 2.53. The van der Waals surface area contributed by atoms with Gasteiger partial charge in [0.05, 0.1) is 0 Å². The molecule has 3 heteroatoms. The van der Waals surface area contributed by atoms with Gasteiger partial charge in [0, 0.05) is 20.3 Å². The van der Waals surface area contributed by atoms with Crippen molar-refractivity contribution in [2.75, 3.05) is 0 Å². The van der Waals surface area contributed by atoms with Gasteiger partial charge in [-0.05, 0) is 48.7 Å². The average molecular weight is 248 g/mol. The molecule has 0 bridgehead atoms. The van der Waals surface area contributed by atoms with Gasteiger partial charge in [-0.1, -0.05) is 0 Å². The quantitative estimate of drug-likeness (QED) is 0.873. The second kappa shape index (κ2) is 4.40. The Kier molecular flexibility index (Phi) is 3.75. The van der Waals surface area contributed by atoms with Gasteiger partial charge in [0.1, 0.15) is 0 Å². The molecule has 1 aromatic heterocycles. The minimum Gasteiger partial charge on any atom is -0.328 e. The summed E-state index contributed by atoms with van der Waals surface area (Å²) in [5, 5.41) is 0. The Morgan fingerprint density at radius 1 is 1.67 bits per heavy atom. The molecule has 0 saturated heterocycles. The van der Waals surface area contributed by atoms with E-state index in [9.17, 15) is 0 Å². The third-order valence-electron chi connectivity index (χ3n) is 1.75. The fourth-order valence-electron chi connectivity index (χ4n) is 1.01. The van der Waals surface area contributed by atoms with Gasteiger partial charge in [-0.2, -0.15) is 0 Å². The lowest BCUT2D eigenvalue weighted by Crippen LogP contribution is -2.14. The van der Waals surface area contributed by atoms with Crippen molar-refractivity contribution in [1.82, 2.24) is 0 Å². The summed E-state index contributed by atoms with van der Waals surface area (Å²) in [6.07, 6.45) is 2.18. The maximum absolute atomic E-state index is 5.68. The van der Waals surface area contributed by atoms with Crippen LogP contribution in [0, 0.1) is 6.92 Å².